The van der Waals surface area contributed by atoms with Gasteiger partial charge < -0.3 is 10.0 Å². The van der Waals surface area contributed by atoms with Crippen molar-refractivity contribution in [2.75, 3.05) is 0 Å². The molecule has 0 spiro atoms. The summed E-state index contributed by atoms with van der Waals surface area (Å²) in [6.07, 6.45) is 4.89. The molecule has 2 aliphatic rings. The van der Waals surface area contributed by atoms with Crippen LogP contribution in [0.3, 0.4) is 0 Å². The van der Waals surface area contributed by atoms with Gasteiger partial charge in [0.05, 0.1) is 4.88 Å². The molecule has 1 aromatic heterocycles. The molecule has 3 atom stereocenters. The Morgan fingerprint density at radius 1 is 1.35 bits per heavy atom. The lowest BCUT2D eigenvalue weighted by molar-refractivity contribution is -0.141. The average Bonchev–Trinajstić information content (AvgIpc) is 3.01. The van der Waals surface area contributed by atoms with Gasteiger partial charge >= 0.3 is 5.97 Å². The van der Waals surface area contributed by atoms with E-state index in [-0.39, 0.29) is 11.9 Å². The fourth-order valence-corrected chi connectivity index (χ4v) is 4.55. The number of fused-ring (bicyclic) bond motifs is 1. The summed E-state index contributed by atoms with van der Waals surface area (Å²) in [5, 5.41) is 11.4. The van der Waals surface area contributed by atoms with Gasteiger partial charge in [-0.1, -0.05) is 12.8 Å². The lowest BCUT2D eigenvalue weighted by atomic mass is 9.84. The minimum atomic E-state index is -0.859. The van der Waals surface area contributed by atoms with Crippen LogP contribution < -0.4 is 0 Å². The number of rotatable bonds is 2. The molecule has 0 bridgehead atoms. The number of aliphatic carboxylic acids is 1. The minimum absolute atomic E-state index is 0.0840. The zero-order chi connectivity index (χ0) is 14.3. The van der Waals surface area contributed by atoms with Crippen LogP contribution in [0.5, 0.6) is 0 Å². The van der Waals surface area contributed by atoms with E-state index in [0.29, 0.717) is 17.2 Å². The largest absolute Gasteiger partial charge is 0.480 e. The van der Waals surface area contributed by atoms with E-state index in [1.54, 1.807) is 4.90 Å². The van der Waals surface area contributed by atoms with Crippen LogP contribution >= 0.6 is 11.3 Å². The second-order valence-corrected chi connectivity index (χ2v) is 6.76. The van der Waals surface area contributed by atoms with Gasteiger partial charge in [-0.3, -0.25) is 4.79 Å². The standard InChI is InChI=1S/C15H19NO3S/c1-9-6-7-20-13(9)14(17)16-11-5-3-2-4-10(11)8-12(16)15(18)19/h6-7,10-12H,2-5,8H2,1H3,(H,18,19). The number of carbonyl (C=O) groups excluding carboxylic acids is 1. The van der Waals surface area contributed by atoms with E-state index in [1.165, 1.54) is 11.3 Å². The van der Waals surface area contributed by atoms with Crippen molar-refractivity contribution >= 4 is 23.2 Å². The van der Waals surface area contributed by atoms with E-state index in [4.69, 9.17) is 0 Å². The topological polar surface area (TPSA) is 57.6 Å². The maximum atomic E-state index is 12.8. The van der Waals surface area contributed by atoms with E-state index in [1.807, 2.05) is 18.4 Å². The van der Waals surface area contributed by atoms with Crippen molar-refractivity contribution in [2.45, 2.75) is 51.1 Å². The highest BCUT2D eigenvalue weighted by molar-refractivity contribution is 7.12. The summed E-state index contributed by atoms with van der Waals surface area (Å²) < 4.78 is 0. The van der Waals surface area contributed by atoms with E-state index in [0.717, 1.165) is 31.2 Å². The summed E-state index contributed by atoms with van der Waals surface area (Å²) in [4.78, 5) is 26.7. The van der Waals surface area contributed by atoms with Crippen LogP contribution in [0, 0.1) is 12.8 Å². The molecule has 0 radical (unpaired) electrons. The first-order valence-electron chi connectivity index (χ1n) is 7.19. The Labute approximate surface area is 122 Å². The summed E-state index contributed by atoms with van der Waals surface area (Å²) in [7, 11) is 0. The molecule has 0 aromatic carbocycles. The number of hydrogen-bond donors (Lipinski definition) is 1. The molecule has 4 nitrogen and oxygen atoms in total. The number of aryl methyl sites for hydroxylation is 1. The molecule has 3 rings (SSSR count). The van der Waals surface area contributed by atoms with Crippen LogP contribution in [0.1, 0.15) is 47.3 Å². The molecule has 1 aliphatic carbocycles. The van der Waals surface area contributed by atoms with Crippen molar-refractivity contribution in [1.29, 1.82) is 0 Å². The molecule has 108 valence electrons. The lowest BCUT2D eigenvalue weighted by Gasteiger charge is -2.32. The third-order valence-corrected chi connectivity index (χ3v) is 5.67. The molecule has 2 fully saturated rings. The molecule has 1 aliphatic heterocycles. The summed E-state index contributed by atoms with van der Waals surface area (Å²) >= 11 is 1.41. The van der Waals surface area contributed by atoms with Gasteiger partial charge in [-0.2, -0.15) is 0 Å². The van der Waals surface area contributed by atoms with Crippen LogP contribution in [0.25, 0.3) is 0 Å². The summed E-state index contributed by atoms with van der Waals surface area (Å²) in [6.45, 7) is 1.91. The first-order chi connectivity index (χ1) is 9.59. The Hall–Kier alpha value is -1.36. The molecule has 2 heterocycles. The predicted octanol–water partition coefficient (Wildman–Crippen LogP) is 2.91. The Balaban J connectivity index is 1.93. The zero-order valence-corrected chi connectivity index (χ0v) is 12.4. The number of hydrogen-bond acceptors (Lipinski definition) is 3. The first kappa shape index (κ1) is 13.6. The number of carboxylic acid groups (broad SMARTS) is 1. The summed E-state index contributed by atoms with van der Waals surface area (Å²) in [6, 6.07) is 1.40. The average molecular weight is 293 g/mol. The van der Waals surface area contributed by atoms with Crippen molar-refractivity contribution in [3.8, 4) is 0 Å². The van der Waals surface area contributed by atoms with Gasteiger partial charge in [-0.25, -0.2) is 4.79 Å². The lowest BCUT2D eigenvalue weighted by Crippen LogP contribution is -2.46. The van der Waals surface area contributed by atoms with E-state index < -0.39 is 12.0 Å². The Morgan fingerprint density at radius 2 is 2.10 bits per heavy atom. The maximum Gasteiger partial charge on any atom is 0.326 e. The highest BCUT2D eigenvalue weighted by Gasteiger charge is 2.48. The molecule has 1 N–H and O–H groups in total. The molecular formula is C15H19NO3S. The van der Waals surface area contributed by atoms with Gasteiger partial charge in [-0.05, 0) is 49.1 Å². The SMILES string of the molecule is Cc1ccsc1C(=O)N1C(C(=O)O)CC2CCCCC21. The normalized spacial score (nSPS) is 29.2. The van der Waals surface area contributed by atoms with E-state index in [2.05, 4.69) is 0 Å². The van der Waals surface area contributed by atoms with Crippen molar-refractivity contribution in [2.24, 2.45) is 5.92 Å². The van der Waals surface area contributed by atoms with Crippen molar-refractivity contribution < 1.29 is 14.7 Å². The quantitative estimate of drug-likeness (QED) is 0.912. The van der Waals surface area contributed by atoms with E-state index in [9.17, 15) is 14.7 Å². The number of carbonyl (C=O) groups is 2. The predicted molar refractivity (Wildman–Crippen MR) is 77.0 cm³/mol. The molecule has 3 unspecified atom stereocenters. The molecule has 5 heteroatoms. The number of thiophene rings is 1. The Bertz CT molecular complexity index is 539. The molecule has 1 amide bonds. The van der Waals surface area contributed by atoms with Gasteiger partial charge in [0.25, 0.3) is 5.91 Å². The second-order valence-electron chi connectivity index (χ2n) is 5.85. The molecule has 1 aromatic rings. The highest BCUT2D eigenvalue weighted by Crippen LogP contribution is 2.41. The van der Waals surface area contributed by atoms with Gasteiger partial charge in [0.15, 0.2) is 0 Å². The van der Waals surface area contributed by atoms with Gasteiger partial charge in [0.1, 0.15) is 6.04 Å². The Kier molecular flexibility index (Phi) is 3.54. The maximum absolute atomic E-state index is 12.8. The van der Waals surface area contributed by atoms with Crippen LogP contribution in [0.4, 0.5) is 0 Å². The highest BCUT2D eigenvalue weighted by atomic mass is 32.1. The van der Waals surface area contributed by atoms with Crippen LogP contribution in [0.15, 0.2) is 11.4 Å². The second kappa shape index (κ2) is 5.20. The fraction of sp³-hybridized carbons (Fsp3) is 0.600. The van der Waals surface area contributed by atoms with Crippen LogP contribution in [-0.2, 0) is 4.79 Å². The molecule has 1 saturated carbocycles. The minimum Gasteiger partial charge on any atom is -0.480 e. The first-order valence-corrected chi connectivity index (χ1v) is 8.07. The van der Waals surface area contributed by atoms with Gasteiger partial charge in [0, 0.05) is 6.04 Å². The number of likely N-dealkylation sites (tertiary alicyclic amines) is 1. The molecular weight excluding hydrogens is 274 g/mol. The third kappa shape index (κ3) is 2.14. The van der Waals surface area contributed by atoms with Crippen molar-refractivity contribution in [3.63, 3.8) is 0 Å². The number of nitrogens with zero attached hydrogens (tertiary/aromatic N) is 1. The van der Waals surface area contributed by atoms with Crippen LogP contribution in [-0.4, -0.2) is 34.0 Å². The van der Waals surface area contributed by atoms with Crippen molar-refractivity contribution in [1.82, 2.24) is 4.90 Å². The van der Waals surface area contributed by atoms with E-state index >= 15 is 0 Å². The van der Waals surface area contributed by atoms with Crippen molar-refractivity contribution in [3.05, 3.63) is 21.9 Å². The monoisotopic (exact) mass is 293 g/mol. The van der Waals surface area contributed by atoms with Gasteiger partial charge in [0.2, 0.25) is 0 Å². The smallest absolute Gasteiger partial charge is 0.326 e. The summed E-state index contributed by atoms with van der Waals surface area (Å²) in [5.74, 6) is -0.574. The fourth-order valence-electron chi connectivity index (χ4n) is 3.68. The third-order valence-electron chi connectivity index (χ3n) is 4.66. The number of amides is 1. The summed E-state index contributed by atoms with van der Waals surface area (Å²) in [5.41, 5.74) is 0.948. The Morgan fingerprint density at radius 3 is 2.75 bits per heavy atom. The number of carboxylic acids is 1. The van der Waals surface area contributed by atoms with Gasteiger partial charge in [-0.15, -0.1) is 11.3 Å². The molecule has 20 heavy (non-hydrogen) atoms. The zero-order valence-electron chi connectivity index (χ0n) is 11.5. The molecule has 1 saturated heterocycles. The van der Waals surface area contributed by atoms with Crippen LogP contribution in [0.2, 0.25) is 0 Å².